The highest BCUT2D eigenvalue weighted by molar-refractivity contribution is 5.94. The summed E-state index contributed by atoms with van der Waals surface area (Å²) < 4.78 is 12.4. The van der Waals surface area contributed by atoms with Crippen LogP contribution in [0.4, 0.5) is 11.5 Å². The lowest BCUT2D eigenvalue weighted by molar-refractivity contribution is -0.128. The molecule has 44 heavy (non-hydrogen) atoms. The van der Waals surface area contributed by atoms with Gasteiger partial charge in [-0.3, -0.25) is 9.69 Å². The van der Waals surface area contributed by atoms with Crippen molar-refractivity contribution in [3.05, 3.63) is 77.8 Å². The maximum atomic E-state index is 12.6. The van der Waals surface area contributed by atoms with Crippen LogP contribution in [0.25, 0.3) is 15.6 Å². The van der Waals surface area contributed by atoms with Gasteiger partial charge in [-0.15, -0.1) is 0 Å². The average molecular weight is 596 g/mol. The molecule has 3 aliphatic rings. The molecule has 2 fully saturated rings. The highest BCUT2D eigenvalue weighted by Gasteiger charge is 2.36. The van der Waals surface area contributed by atoms with Crippen LogP contribution in [-0.4, -0.2) is 103 Å². The molecule has 10 nitrogen and oxygen atoms in total. The molecule has 4 heterocycles. The molecule has 1 aromatic heterocycles. The number of morpholine rings is 1. The van der Waals surface area contributed by atoms with Crippen molar-refractivity contribution in [1.29, 1.82) is 0 Å². The van der Waals surface area contributed by atoms with Crippen LogP contribution in [0, 0.1) is 6.57 Å². The molecule has 10 heteroatoms. The summed E-state index contributed by atoms with van der Waals surface area (Å²) in [7, 11) is 2.11. The van der Waals surface area contributed by atoms with Gasteiger partial charge >= 0.3 is 6.01 Å². The Labute approximate surface area is 259 Å². The van der Waals surface area contributed by atoms with Crippen molar-refractivity contribution < 1.29 is 14.3 Å². The number of benzene rings is 2. The molecule has 3 aromatic rings. The van der Waals surface area contributed by atoms with Gasteiger partial charge in [-0.2, -0.15) is 9.97 Å². The molecule has 6 rings (SSSR count). The minimum absolute atomic E-state index is 0.0198. The Bertz CT molecular complexity index is 1580. The van der Waals surface area contributed by atoms with E-state index in [1.54, 1.807) is 4.90 Å². The van der Waals surface area contributed by atoms with E-state index >= 15 is 0 Å². The van der Waals surface area contributed by atoms with Crippen molar-refractivity contribution in [2.24, 2.45) is 0 Å². The zero-order valence-electron chi connectivity index (χ0n) is 25.9. The first-order valence-electron chi connectivity index (χ1n) is 15.4. The fourth-order valence-corrected chi connectivity index (χ4v) is 6.43. The zero-order chi connectivity index (χ0) is 30.8. The lowest BCUT2D eigenvalue weighted by Crippen LogP contribution is -2.56. The van der Waals surface area contributed by atoms with Gasteiger partial charge in [0.15, 0.2) is 0 Å². The van der Waals surface area contributed by atoms with E-state index in [2.05, 4.69) is 89.5 Å². The molecule has 0 spiro atoms. The van der Waals surface area contributed by atoms with Crippen LogP contribution in [0.3, 0.4) is 0 Å². The molecular weight excluding hydrogens is 554 g/mol. The van der Waals surface area contributed by atoms with E-state index in [4.69, 9.17) is 26.0 Å². The van der Waals surface area contributed by atoms with Gasteiger partial charge in [0.05, 0.1) is 18.8 Å². The van der Waals surface area contributed by atoms with Gasteiger partial charge in [-0.1, -0.05) is 43.0 Å². The lowest BCUT2D eigenvalue weighted by Gasteiger charge is -2.43. The third kappa shape index (κ3) is 5.94. The van der Waals surface area contributed by atoms with Crippen molar-refractivity contribution in [3.63, 3.8) is 0 Å². The SMILES string of the molecule is [C-]#[N+]C[C@H]1CN(c2nc(OC[C@H]3CN(C)C(C)(C)CO3)nc3c2CCN(c2cccc4ccccc24)C3)CCN1C(=O)C=C. The summed E-state index contributed by atoms with van der Waals surface area (Å²) >= 11 is 0. The maximum Gasteiger partial charge on any atom is 0.318 e. The molecule has 0 bridgehead atoms. The summed E-state index contributed by atoms with van der Waals surface area (Å²) in [6.07, 6.45) is 2.03. The van der Waals surface area contributed by atoms with E-state index in [-0.39, 0.29) is 30.1 Å². The third-order valence-corrected chi connectivity index (χ3v) is 9.25. The number of rotatable bonds is 7. The molecule has 0 N–H and O–H groups in total. The Balaban J connectivity index is 1.30. The predicted molar refractivity (Wildman–Crippen MR) is 172 cm³/mol. The first kappa shape index (κ1) is 29.9. The van der Waals surface area contributed by atoms with E-state index in [9.17, 15) is 4.79 Å². The minimum Gasteiger partial charge on any atom is -0.461 e. The Morgan fingerprint density at radius 1 is 1.14 bits per heavy atom. The van der Waals surface area contributed by atoms with Gasteiger partial charge in [0, 0.05) is 54.9 Å². The molecular formula is C34H41N7O3. The molecule has 0 radical (unpaired) electrons. The largest absolute Gasteiger partial charge is 0.461 e. The number of piperazine rings is 1. The van der Waals surface area contributed by atoms with Crippen molar-refractivity contribution in [1.82, 2.24) is 19.8 Å². The maximum absolute atomic E-state index is 12.6. The van der Waals surface area contributed by atoms with Crippen molar-refractivity contribution in [2.75, 3.05) is 69.3 Å². The van der Waals surface area contributed by atoms with Crippen LogP contribution in [0.2, 0.25) is 0 Å². The second kappa shape index (κ2) is 12.4. The van der Waals surface area contributed by atoms with Crippen molar-refractivity contribution in [3.8, 4) is 6.01 Å². The van der Waals surface area contributed by atoms with E-state index in [0.29, 0.717) is 45.4 Å². The van der Waals surface area contributed by atoms with Crippen LogP contribution in [0.1, 0.15) is 25.1 Å². The lowest BCUT2D eigenvalue weighted by atomic mass is 10.0. The van der Waals surface area contributed by atoms with Gasteiger partial charge in [0.1, 0.15) is 24.6 Å². The predicted octanol–water partition coefficient (Wildman–Crippen LogP) is 3.80. The topological polar surface area (TPSA) is 78.6 Å². The number of nitrogens with zero attached hydrogens (tertiary/aromatic N) is 7. The third-order valence-electron chi connectivity index (χ3n) is 9.25. The van der Waals surface area contributed by atoms with Crippen molar-refractivity contribution >= 4 is 28.2 Å². The number of likely N-dealkylation sites (N-methyl/N-ethyl adjacent to an activating group) is 1. The first-order valence-corrected chi connectivity index (χ1v) is 15.4. The van der Waals surface area contributed by atoms with Gasteiger partial charge in [-0.05, 0) is 44.8 Å². The number of amides is 1. The van der Waals surface area contributed by atoms with Crippen LogP contribution >= 0.6 is 0 Å². The summed E-state index contributed by atoms with van der Waals surface area (Å²) in [4.78, 5) is 34.8. The first-order chi connectivity index (χ1) is 21.3. The van der Waals surface area contributed by atoms with Crippen LogP contribution < -0.4 is 14.5 Å². The highest BCUT2D eigenvalue weighted by atomic mass is 16.5. The molecule has 1 amide bonds. The van der Waals surface area contributed by atoms with E-state index in [0.717, 1.165) is 36.6 Å². The number of fused-ring (bicyclic) bond motifs is 2. The summed E-state index contributed by atoms with van der Waals surface area (Å²) in [5.41, 5.74) is 3.22. The van der Waals surface area contributed by atoms with E-state index in [1.165, 1.54) is 22.5 Å². The summed E-state index contributed by atoms with van der Waals surface area (Å²) in [6, 6.07) is 15.0. The van der Waals surface area contributed by atoms with Gasteiger partial charge < -0.3 is 29.0 Å². The normalized spacial score (nSPS) is 21.9. The fourth-order valence-electron chi connectivity index (χ4n) is 6.43. The number of aromatic nitrogens is 2. The molecule has 2 aromatic carbocycles. The number of hydrogen-bond donors (Lipinski definition) is 0. The average Bonchev–Trinajstić information content (AvgIpc) is 3.04. The van der Waals surface area contributed by atoms with Gasteiger partial charge in [-0.25, -0.2) is 6.57 Å². The number of carbonyl (C=O) groups excluding carboxylic acids is 1. The van der Waals surface area contributed by atoms with Crippen LogP contribution in [-0.2, 0) is 22.5 Å². The molecule has 2 saturated heterocycles. The number of hydrogen-bond acceptors (Lipinski definition) is 8. The zero-order valence-corrected chi connectivity index (χ0v) is 25.9. The Morgan fingerprint density at radius 2 is 1.95 bits per heavy atom. The summed E-state index contributed by atoms with van der Waals surface area (Å²) in [5, 5.41) is 2.43. The number of carbonyl (C=O) groups is 1. The second-order valence-electron chi connectivity index (χ2n) is 12.5. The number of anilines is 2. The van der Waals surface area contributed by atoms with Crippen molar-refractivity contribution in [2.45, 2.75) is 44.5 Å². The molecule has 0 unspecified atom stereocenters. The van der Waals surface area contributed by atoms with Crippen LogP contribution in [0.15, 0.2) is 55.1 Å². The Hall–Kier alpha value is -4.20. The molecule has 230 valence electrons. The highest BCUT2D eigenvalue weighted by Crippen LogP contribution is 2.35. The fraction of sp³-hybridized carbons (Fsp3) is 0.471. The minimum atomic E-state index is -0.243. The standard InChI is InChI=1S/C34H41N7O3/c1-6-31(42)41-17-16-40(19-25(41)18-35-4)32-28-14-15-39(30-13-9-11-24-10-7-8-12-27(24)30)21-29(28)36-33(37-32)43-22-26-20-38(5)34(2,3)23-44-26/h6-13,25-26H,1,14-23H2,2-3,5H3/t25-,26+/m0/s1. The monoisotopic (exact) mass is 595 g/mol. The van der Waals surface area contributed by atoms with E-state index in [1.807, 2.05) is 0 Å². The Kier molecular flexibility index (Phi) is 8.43. The Morgan fingerprint density at radius 3 is 2.75 bits per heavy atom. The number of ether oxygens (including phenoxy) is 2. The van der Waals surface area contributed by atoms with Crippen LogP contribution in [0.5, 0.6) is 6.01 Å². The summed E-state index contributed by atoms with van der Waals surface area (Å²) in [5.74, 6) is 0.699. The van der Waals surface area contributed by atoms with Gasteiger partial charge in [0.25, 0.3) is 0 Å². The smallest absolute Gasteiger partial charge is 0.318 e. The quantitative estimate of drug-likeness (QED) is 0.302. The molecule has 0 aliphatic carbocycles. The molecule has 0 saturated carbocycles. The molecule has 3 aliphatic heterocycles. The summed E-state index contributed by atoms with van der Waals surface area (Å²) in [6.45, 7) is 20.6. The van der Waals surface area contributed by atoms with Gasteiger partial charge in [0.2, 0.25) is 12.5 Å². The molecule has 2 atom stereocenters. The second-order valence-corrected chi connectivity index (χ2v) is 12.5. The van der Waals surface area contributed by atoms with E-state index < -0.39 is 0 Å².